The van der Waals surface area contributed by atoms with Crippen molar-refractivity contribution in [3.8, 4) is 5.75 Å². The molecule has 1 amide bonds. The summed E-state index contributed by atoms with van der Waals surface area (Å²) in [5, 5.41) is 0. The van der Waals surface area contributed by atoms with Gasteiger partial charge in [0.25, 0.3) is 0 Å². The van der Waals surface area contributed by atoms with Crippen LogP contribution in [0.1, 0.15) is 58.8 Å². The summed E-state index contributed by atoms with van der Waals surface area (Å²) in [5.74, 6) is 3.03. The molecule has 3 rings (SSSR count). The summed E-state index contributed by atoms with van der Waals surface area (Å²) < 4.78 is 8.07. The fourth-order valence-corrected chi connectivity index (χ4v) is 3.90. The van der Waals surface area contributed by atoms with E-state index in [0.29, 0.717) is 24.4 Å². The van der Waals surface area contributed by atoms with Crippen molar-refractivity contribution >= 4 is 16.9 Å². The second-order valence-corrected chi connectivity index (χ2v) is 9.70. The Morgan fingerprint density at radius 1 is 0.938 bits per heavy atom. The topological polar surface area (TPSA) is 47.4 Å². The molecule has 5 heteroatoms. The second kappa shape index (κ2) is 10.7. The van der Waals surface area contributed by atoms with E-state index < -0.39 is 0 Å². The van der Waals surface area contributed by atoms with Gasteiger partial charge in [-0.25, -0.2) is 4.98 Å². The number of carbonyl (C=O) groups is 1. The predicted molar refractivity (Wildman–Crippen MR) is 131 cm³/mol. The highest BCUT2D eigenvalue weighted by Gasteiger charge is 2.20. The monoisotopic (exact) mass is 435 g/mol. The number of ether oxygens (including phenoxy) is 1. The third-order valence-corrected chi connectivity index (χ3v) is 5.47. The van der Waals surface area contributed by atoms with Gasteiger partial charge < -0.3 is 14.2 Å². The molecule has 0 N–H and O–H groups in total. The molecule has 0 unspecified atom stereocenters. The zero-order valence-electron chi connectivity index (χ0n) is 20.3. The van der Waals surface area contributed by atoms with E-state index in [1.165, 1.54) is 5.56 Å². The largest absolute Gasteiger partial charge is 0.486 e. The molecule has 32 heavy (non-hydrogen) atoms. The number of carbonyl (C=O) groups excluding carboxylic acids is 1. The Bertz CT molecular complexity index is 1010. The van der Waals surface area contributed by atoms with E-state index >= 15 is 0 Å². The van der Waals surface area contributed by atoms with E-state index in [1.54, 1.807) is 0 Å². The lowest BCUT2D eigenvalue weighted by Gasteiger charge is -2.27. The summed E-state index contributed by atoms with van der Waals surface area (Å²) >= 11 is 0. The number of imidazole rings is 1. The van der Waals surface area contributed by atoms with Crippen LogP contribution in [0.2, 0.25) is 0 Å². The van der Waals surface area contributed by atoms with Gasteiger partial charge in [0.1, 0.15) is 24.7 Å². The van der Waals surface area contributed by atoms with Crippen LogP contribution >= 0.6 is 0 Å². The number of nitrogens with zero attached hydrogens (tertiary/aromatic N) is 3. The molecule has 0 aliphatic rings. The first-order chi connectivity index (χ1) is 15.2. The van der Waals surface area contributed by atoms with Crippen LogP contribution in [0.15, 0.2) is 48.5 Å². The Labute approximate surface area is 192 Å². The quantitative estimate of drug-likeness (QED) is 0.399. The first kappa shape index (κ1) is 23.8. The van der Waals surface area contributed by atoms with Crippen molar-refractivity contribution in [2.45, 2.75) is 60.6 Å². The standard InChI is InChI=1S/C27H37N3O2/c1-19(2)15-29(16-20(3)4)27(31)17-30-25-10-8-7-9-24(25)28-26(30)18-32-23-13-11-22(12-14-23)21(5)6/h7-14,19-21H,15-18H2,1-6H3. The number of amides is 1. The van der Waals surface area contributed by atoms with Crippen molar-refractivity contribution in [1.82, 2.24) is 14.5 Å². The number of hydrogen-bond donors (Lipinski definition) is 0. The van der Waals surface area contributed by atoms with Gasteiger partial charge >= 0.3 is 0 Å². The Hall–Kier alpha value is -2.82. The van der Waals surface area contributed by atoms with Crippen molar-refractivity contribution in [1.29, 1.82) is 0 Å². The fraction of sp³-hybridized carbons (Fsp3) is 0.481. The Morgan fingerprint density at radius 3 is 2.16 bits per heavy atom. The molecule has 0 fully saturated rings. The lowest BCUT2D eigenvalue weighted by molar-refractivity contribution is -0.132. The summed E-state index contributed by atoms with van der Waals surface area (Å²) in [4.78, 5) is 20.1. The van der Waals surface area contributed by atoms with E-state index in [2.05, 4.69) is 53.7 Å². The van der Waals surface area contributed by atoms with Crippen LogP contribution < -0.4 is 4.74 Å². The SMILES string of the molecule is CC(C)CN(CC(C)C)C(=O)Cn1c(COc2ccc(C(C)C)cc2)nc2ccccc21. The van der Waals surface area contributed by atoms with E-state index in [4.69, 9.17) is 9.72 Å². The number of rotatable bonds is 10. The lowest BCUT2D eigenvalue weighted by atomic mass is 10.0. The predicted octanol–water partition coefficient (Wildman–Crippen LogP) is 5.88. The molecule has 0 aliphatic carbocycles. The highest BCUT2D eigenvalue weighted by Crippen LogP contribution is 2.21. The van der Waals surface area contributed by atoms with E-state index in [1.807, 2.05) is 45.9 Å². The molecular weight excluding hydrogens is 398 g/mol. The van der Waals surface area contributed by atoms with E-state index in [9.17, 15) is 4.79 Å². The molecule has 0 aliphatic heterocycles. The molecule has 0 saturated carbocycles. The van der Waals surface area contributed by atoms with Gasteiger partial charge in [0, 0.05) is 13.1 Å². The molecule has 3 aromatic rings. The van der Waals surface area contributed by atoms with Crippen molar-refractivity contribution in [3.05, 3.63) is 59.9 Å². The zero-order valence-corrected chi connectivity index (χ0v) is 20.3. The third kappa shape index (κ3) is 6.12. The highest BCUT2D eigenvalue weighted by atomic mass is 16.5. The average molecular weight is 436 g/mol. The number of fused-ring (bicyclic) bond motifs is 1. The highest BCUT2D eigenvalue weighted by molar-refractivity contribution is 5.81. The number of benzene rings is 2. The van der Waals surface area contributed by atoms with Crippen LogP contribution in [-0.4, -0.2) is 33.4 Å². The lowest BCUT2D eigenvalue weighted by Crippen LogP contribution is -2.39. The Kier molecular flexibility index (Phi) is 7.94. The summed E-state index contributed by atoms with van der Waals surface area (Å²) in [6.45, 7) is 15.1. The van der Waals surface area contributed by atoms with Crippen LogP contribution in [0, 0.1) is 11.8 Å². The van der Waals surface area contributed by atoms with Crippen LogP contribution in [0.5, 0.6) is 5.75 Å². The molecule has 0 saturated heterocycles. The molecule has 172 valence electrons. The average Bonchev–Trinajstić information content (AvgIpc) is 3.08. The fourth-order valence-electron chi connectivity index (χ4n) is 3.90. The molecule has 0 radical (unpaired) electrons. The molecule has 2 aromatic carbocycles. The van der Waals surface area contributed by atoms with Gasteiger partial charge in [-0.2, -0.15) is 0 Å². The van der Waals surface area contributed by atoms with Gasteiger partial charge in [-0.1, -0.05) is 65.8 Å². The van der Waals surface area contributed by atoms with Crippen molar-refractivity contribution in [2.24, 2.45) is 11.8 Å². The smallest absolute Gasteiger partial charge is 0.242 e. The van der Waals surface area contributed by atoms with Gasteiger partial charge in [-0.05, 0) is 47.6 Å². The molecule has 1 heterocycles. The normalized spacial score (nSPS) is 11.7. The van der Waals surface area contributed by atoms with Crippen molar-refractivity contribution in [3.63, 3.8) is 0 Å². The van der Waals surface area contributed by atoms with Crippen LogP contribution in [0.3, 0.4) is 0 Å². The van der Waals surface area contributed by atoms with Gasteiger partial charge in [-0.3, -0.25) is 4.79 Å². The summed E-state index contributed by atoms with van der Waals surface area (Å²) in [6, 6.07) is 16.2. The molecule has 0 spiro atoms. The summed E-state index contributed by atoms with van der Waals surface area (Å²) in [5.41, 5.74) is 3.13. The minimum atomic E-state index is 0.123. The third-order valence-electron chi connectivity index (χ3n) is 5.47. The maximum atomic E-state index is 13.3. The first-order valence-electron chi connectivity index (χ1n) is 11.7. The Balaban J connectivity index is 1.82. The second-order valence-electron chi connectivity index (χ2n) is 9.70. The van der Waals surface area contributed by atoms with Crippen molar-refractivity contribution < 1.29 is 9.53 Å². The zero-order chi connectivity index (χ0) is 23.3. The number of hydrogen-bond acceptors (Lipinski definition) is 3. The summed E-state index contributed by atoms with van der Waals surface area (Å²) in [7, 11) is 0. The van der Waals surface area contributed by atoms with Gasteiger partial charge in [0.05, 0.1) is 11.0 Å². The van der Waals surface area contributed by atoms with E-state index in [0.717, 1.165) is 35.7 Å². The molecule has 5 nitrogen and oxygen atoms in total. The molecule has 0 bridgehead atoms. The molecule has 0 atom stereocenters. The van der Waals surface area contributed by atoms with Gasteiger partial charge in [0.15, 0.2) is 0 Å². The molecule has 1 aromatic heterocycles. The maximum Gasteiger partial charge on any atom is 0.242 e. The first-order valence-corrected chi connectivity index (χ1v) is 11.7. The summed E-state index contributed by atoms with van der Waals surface area (Å²) in [6.07, 6.45) is 0. The van der Waals surface area contributed by atoms with Crippen LogP contribution in [0.4, 0.5) is 0 Å². The minimum absolute atomic E-state index is 0.123. The number of aromatic nitrogens is 2. The Morgan fingerprint density at radius 2 is 1.56 bits per heavy atom. The number of para-hydroxylation sites is 2. The van der Waals surface area contributed by atoms with Crippen LogP contribution in [-0.2, 0) is 17.9 Å². The van der Waals surface area contributed by atoms with Crippen LogP contribution in [0.25, 0.3) is 11.0 Å². The minimum Gasteiger partial charge on any atom is -0.486 e. The molecular formula is C27H37N3O2. The van der Waals surface area contributed by atoms with Crippen molar-refractivity contribution in [2.75, 3.05) is 13.1 Å². The van der Waals surface area contributed by atoms with Gasteiger partial charge in [0.2, 0.25) is 5.91 Å². The van der Waals surface area contributed by atoms with Gasteiger partial charge in [-0.15, -0.1) is 0 Å². The van der Waals surface area contributed by atoms with E-state index in [-0.39, 0.29) is 12.5 Å². The maximum absolute atomic E-state index is 13.3.